The highest BCUT2D eigenvalue weighted by molar-refractivity contribution is 5.05. The lowest BCUT2D eigenvalue weighted by Crippen LogP contribution is -2.61. The summed E-state index contributed by atoms with van der Waals surface area (Å²) in [5.74, 6) is 0.771. The molecule has 0 aromatic heterocycles. The Kier molecular flexibility index (Phi) is 3.60. The molecule has 0 aromatic rings. The average molecular weight is 224 g/mol. The van der Waals surface area contributed by atoms with Crippen molar-refractivity contribution in [2.24, 2.45) is 5.92 Å². The molecule has 1 N–H and O–H groups in total. The van der Waals surface area contributed by atoms with Crippen molar-refractivity contribution in [2.75, 3.05) is 13.1 Å². The topological polar surface area (TPSA) is 15.3 Å². The zero-order valence-electron chi connectivity index (χ0n) is 11.4. The highest BCUT2D eigenvalue weighted by Gasteiger charge is 2.48. The lowest BCUT2D eigenvalue weighted by atomic mass is 9.95. The van der Waals surface area contributed by atoms with E-state index < -0.39 is 0 Å². The van der Waals surface area contributed by atoms with Crippen LogP contribution in [0.15, 0.2) is 0 Å². The molecule has 0 aromatic carbocycles. The molecule has 2 aliphatic rings. The molecule has 0 spiro atoms. The van der Waals surface area contributed by atoms with E-state index in [9.17, 15) is 0 Å². The maximum Gasteiger partial charge on any atom is 0.0249 e. The molecule has 0 bridgehead atoms. The Labute approximate surface area is 101 Å². The fraction of sp³-hybridized carbons (Fsp3) is 1.00. The molecule has 1 aliphatic heterocycles. The number of piperazine rings is 1. The van der Waals surface area contributed by atoms with Crippen molar-refractivity contribution in [1.82, 2.24) is 10.2 Å². The van der Waals surface area contributed by atoms with Crippen molar-refractivity contribution in [3.8, 4) is 0 Å². The molecule has 94 valence electrons. The van der Waals surface area contributed by atoms with E-state index in [0.717, 1.165) is 18.0 Å². The lowest BCUT2D eigenvalue weighted by Gasteiger charge is -2.46. The van der Waals surface area contributed by atoms with Crippen LogP contribution >= 0.6 is 0 Å². The summed E-state index contributed by atoms with van der Waals surface area (Å²) in [6, 6.07) is 1.48. The predicted molar refractivity (Wildman–Crippen MR) is 69.7 cm³/mol. The van der Waals surface area contributed by atoms with Gasteiger partial charge in [0.25, 0.3) is 0 Å². The van der Waals surface area contributed by atoms with Gasteiger partial charge in [-0.05, 0) is 32.1 Å². The minimum atomic E-state index is 0.545. The maximum atomic E-state index is 3.74. The van der Waals surface area contributed by atoms with Gasteiger partial charge >= 0.3 is 0 Å². The van der Waals surface area contributed by atoms with Gasteiger partial charge in [-0.1, -0.05) is 27.2 Å². The van der Waals surface area contributed by atoms with E-state index in [-0.39, 0.29) is 0 Å². The molecule has 2 fully saturated rings. The van der Waals surface area contributed by atoms with Gasteiger partial charge in [0.1, 0.15) is 0 Å². The summed E-state index contributed by atoms with van der Waals surface area (Å²) in [5.41, 5.74) is 0.545. The highest BCUT2D eigenvalue weighted by atomic mass is 15.3. The zero-order valence-corrected chi connectivity index (χ0v) is 11.4. The molecule has 2 atom stereocenters. The Morgan fingerprint density at radius 2 is 2.06 bits per heavy atom. The van der Waals surface area contributed by atoms with Crippen molar-refractivity contribution in [1.29, 1.82) is 0 Å². The molecule has 2 heteroatoms. The van der Waals surface area contributed by atoms with E-state index >= 15 is 0 Å². The number of nitrogens with zero attached hydrogens (tertiary/aromatic N) is 1. The minimum absolute atomic E-state index is 0.545. The number of hydrogen-bond donors (Lipinski definition) is 1. The first-order valence-electron chi connectivity index (χ1n) is 7.07. The van der Waals surface area contributed by atoms with Crippen LogP contribution in [0.4, 0.5) is 0 Å². The molecule has 2 unspecified atom stereocenters. The van der Waals surface area contributed by atoms with Crippen molar-refractivity contribution >= 4 is 0 Å². The predicted octanol–water partition coefficient (Wildman–Crippen LogP) is 2.64. The third-order valence-corrected chi connectivity index (χ3v) is 4.51. The molecule has 2 rings (SSSR count). The first-order chi connectivity index (χ1) is 7.57. The molecule has 1 saturated carbocycles. The van der Waals surface area contributed by atoms with Gasteiger partial charge in [-0.25, -0.2) is 0 Å². The summed E-state index contributed by atoms with van der Waals surface area (Å²) in [5, 5.41) is 3.74. The van der Waals surface area contributed by atoms with Gasteiger partial charge < -0.3 is 5.32 Å². The van der Waals surface area contributed by atoms with Crippen molar-refractivity contribution in [2.45, 2.75) is 71.0 Å². The van der Waals surface area contributed by atoms with Crippen LogP contribution < -0.4 is 5.32 Å². The second-order valence-corrected chi connectivity index (χ2v) is 6.35. The van der Waals surface area contributed by atoms with Crippen LogP contribution in [0.2, 0.25) is 0 Å². The normalized spacial score (nSPS) is 34.3. The van der Waals surface area contributed by atoms with Crippen LogP contribution in [0.25, 0.3) is 0 Å². The summed E-state index contributed by atoms with van der Waals surface area (Å²) in [4.78, 5) is 2.81. The average Bonchev–Trinajstić information content (AvgIpc) is 2.98. The van der Waals surface area contributed by atoms with Crippen LogP contribution in [0.1, 0.15) is 53.4 Å². The van der Waals surface area contributed by atoms with Crippen LogP contribution in [0, 0.1) is 5.92 Å². The molecular formula is C14H28N2. The Hall–Kier alpha value is -0.0800. The first kappa shape index (κ1) is 12.4. The molecule has 16 heavy (non-hydrogen) atoms. The summed E-state index contributed by atoms with van der Waals surface area (Å²) in [7, 11) is 0. The van der Waals surface area contributed by atoms with E-state index in [4.69, 9.17) is 0 Å². The monoisotopic (exact) mass is 224 g/mol. The summed E-state index contributed by atoms with van der Waals surface area (Å²) < 4.78 is 0. The van der Waals surface area contributed by atoms with Gasteiger partial charge in [-0.2, -0.15) is 0 Å². The second kappa shape index (κ2) is 4.66. The van der Waals surface area contributed by atoms with Gasteiger partial charge in [-0.3, -0.25) is 4.90 Å². The highest BCUT2D eigenvalue weighted by Crippen LogP contribution is 2.44. The Morgan fingerprint density at radius 1 is 1.38 bits per heavy atom. The lowest BCUT2D eigenvalue weighted by molar-refractivity contribution is 0.0487. The first-order valence-corrected chi connectivity index (χ1v) is 7.07. The van der Waals surface area contributed by atoms with E-state index in [1.54, 1.807) is 0 Å². The Balaban J connectivity index is 2.01. The van der Waals surface area contributed by atoms with Crippen LogP contribution in [0.3, 0.4) is 0 Å². The number of rotatable bonds is 4. The van der Waals surface area contributed by atoms with Gasteiger partial charge in [0, 0.05) is 30.7 Å². The molecule has 1 saturated heterocycles. The fourth-order valence-electron chi connectivity index (χ4n) is 3.06. The zero-order chi connectivity index (χ0) is 11.8. The molecule has 0 amide bonds. The number of nitrogens with one attached hydrogen (secondary N) is 1. The smallest absolute Gasteiger partial charge is 0.0249 e. The van der Waals surface area contributed by atoms with Gasteiger partial charge in [0.05, 0.1) is 0 Å². The summed E-state index contributed by atoms with van der Waals surface area (Å²) in [6.07, 6.45) is 5.45. The van der Waals surface area contributed by atoms with Gasteiger partial charge in [0.15, 0.2) is 0 Å². The summed E-state index contributed by atoms with van der Waals surface area (Å²) >= 11 is 0. The third-order valence-electron chi connectivity index (χ3n) is 4.51. The van der Waals surface area contributed by atoms with E-state index in [2.05, 4.69) is 37.9 Å². The minimum Gasteiger partial charge on any atom is -0.311 e. The van der Waals surface area contributed by atoms with Crippen LogP contribution in [-0.2, 0) is 0 Å². The molecule has 1 heterocycles. The fourth-order valence-corrected chi connectivity index (χ4v) is 3.06. The standard InChI is InChI=1S/C14H28N2/c1-5-6-12-10-16(14(4)7-8-14)13(9-15-12)11(2)3/h11-13,15H,5-10H2,1-4H3. The van der Waals surface area contributed by atoms with E-state index in [1.807, 2.05) is 0 Å². The van der Waals surface area contributed by atoms with Gasteiger partial charge in [-0.15, -0.1) is 0 Å². The van der Waals surface area contributed by atoms with Crippen molar-refractivity contribution in [3.63, 3.8) is 0 Å². The molecule has 0 radical (unpaired) electrons. The summed E-state index contributed by atoms with van der Waals surface area (Å²) in [6.45, 7) is 11.9. The van der Waals surface area contributed by atoms with Crippen molar-refractivity contribution < 1.29 is 0 Å². The Bertz CT molecular complexity index is 233. The van der Waals surface area contributed by atoms with E-state index in [0.29, 0.717) is 5.54 Å². The quantitative estimate of drug-likeness (QED) is 0.790. The molecule has 2 nitrogen and oxygen atoms in total. The largest absolute Gasteiger partial charge is 0.311 e. The number of hydrogen-bond acceptors (Lipinski definition) is 2. The molecule has 1 aliphatic carbocycles. The van der Waals surface area contributed by atoms with Crippen LogP contribution in [-0.4, -0.2) is 35.6 Å². The van der Waals surface area contributed by atoms with Crippen LogP contribution in [0.5, 0.6) is 0 Å². The SMILES string of the molecule is CCCC1CN(C2(C)CC2)C(C(C)C)CN1. The second-order valence-electron chi connectivity index (χ2n) is 6.35. The van der Waals surface area contributed by atoms with Gasteiger partial charge in [0.2, 0.25) is 0 Å². The van der Waals surface area contributed by atoms with Crippen molar-refractivity contribution in [3.05, 3.63) is 0 Å². The molecular weight excluding hydrogens is 196 g/mol. The Morgan fingerprint density at radius 3 is 2.56 bits per heavy atom. The van der Waals surface area contributed by atoms with E-state index in [1.165, 1.54) is 38.8 Å². The maximum absolute atomic E-state index is 3.74. The third kappa shape index (κ3) is 2.43.